The Morgan fingerprint density at radius 2 is 2.06 bits per heavy atom. The van der Waals surface area contributed by atoms with Gasteiger partial charge in [-0.05, 0) is 24.7 Å². The van der Waals surface area contributed by atoms with Gasteiger partial charge in [0.2, 0.25) is 0 Å². The summed E-state index contributed by atoms with van der Waals surface area (Å²) in [6.45, 7) is 0. The molecule has 0 aliphatic heterocycles. The molecule has 0 spiro atoms. The summed E-state index contributed by atoms with van der Waals surface area (Å²) in [5, 5.41) is 0. The molecule has 4 heteroatoms. The third-order valence-corrected chi connectivity index (χ3v) is 3.79. The molecule has 2 rings (SSSR count). The predicted octanol–water partition coefficient (Wildman–Crippen LogP) is 1.30. The highest BCUT2D eigenvalue weighted by Gasteiger charge is 2.55. The van der Waals surface area contributed by atoms with Crippen LogP contribution in [-0.2, 0) is 19.1 Å². The summed E-state index contributed by atoms with van der Waals surface area (Å²) in [5.41, 5.74) is -0.679. The summed E-state index contributed by atoms with van der Waals surface area (Å²) in [4.78, 5) is 23.3. The van der Waals surface area contributed by atoms with Gasteiger partial charge in [-0.25, -0.2) is 0 Å². The van der Waals surface area contributed by atoms with E-state index in [1.807, 2.05) is 6.08 Å². The normalized spacial score (nSPS) is 35.1. The molecule has 0 radical (unpaired) electrons. The lowest BCUT2D eigenvalue weighted by atomic mass is 9.73. The van der Waals surface area contributed by atoms with Crippen molar-refractivity contribution in [2.24, 2.45) is 17.3 Å². The number of ether oxygens (including phenoxy) is 2. The zero-order valence-electron chi connectivity index (χ0n) is 9.56. The largest absolute Gasteiger partial charge is 0.469 e. The molecule has 0 unspecified atom stereocenters. The van der Waals surface area contributed by atoms with Crippen molar-refractivity contribution in [2.45, 2.75) is 19.3 Å². The van der Waals surface area contributed by atoms with Crippen molar-refractivity contribution in [1.82, 2.24) is 0 Å². The Labute approximate surface area is 94.6 Å². The zero-order chi connectivity index (χ0) is 11.8. The van der Waals surface area contributed by atoms with Gasteiger partial charge in [0.15, 0.2) is 0 Å². The van der Waals surface area contributed by atoms with Crippen molar-refractivity contribution in [3.05, 3.63) is 12.2 Å². The van der Waals surface area contributed by atoms with E-state index in [-0.39, 0.29) is 24.3 Å². The molecule has 3 atom stereocenters. The van der Waals surface area contributed by atoms with Crippen LogP contribution in [-0.4, -0.2) is 26.2 Å². The molecule has 4 nitrogen and oxygen atoms in total. The van der Waals surface area contributed by atoms with E-state index in [2.05, 4.69) is 10.8 Å². The summed E-state index contributed by atoms with van der Waals surface area (Å²) in [6.07, 6.45) is 5.95. The van der Waals surface area contributed by atoms with Crippen LogP contribution >= 0.6 is 0 Å². The Kier molecular flexibility index (Phi) is 2.74. The molecule has 0 aromatic heterocycles. The first-order chi connectivity index (χ1) is 7.62. The molecule has 0 aromatic carbocycles. The standard InChI is InChI=1S/C12H16O4/c1-15-10(13)7-12(11(14)16-2)6-8-3-4-9(12)5-8/h3-4,8-9H,5-7H2,1-2H3/t8-,9+,12+/m0/s1. The van der Waals surface area contributed by atoms with E-state index in [9.17, 15) is 9.59 Å². The van der Waals surface area contributed by atoms with E-state index in [1.165, 1.54) is 14.2 Å². The second-order valence-corrected chi connectivity index (χ2v) is 4.59. The van der Waals surface area contributed by atoms with Crippen LogP contribution in [0.5, 0.6) is 0 Å². The van der Waals surface area contributed by atoms with E-state index >= 15 is 0 Å². The van der Waals surface area contributed by atoms with Crippen molar-refractivity contribution < 1.29 is 19.1 Å². The van der Waals surface area contributed by atoms with Gasteiger partial charge >= 0.3 is 11.9 Å². The average molecular weight is 224 g/mol. The quantitative estimate of drug-likeness (QED) is 0.535. The minimum atomic E-state index is -0.679. The number of esters is 2. The first-order valence-corrected chi connectivity index (χ1v) is 5.46. The topological polar surface area (TPSA) is 52.6 Å². The van der Waals surface area contributed by atoms with E-state index in [1.54, 1.807) is 0 Å². The summed E-state index contributed by atoms with van der Waals surface area (Å²) in [5.74, 6) is -0.0843. The summed E-state index contributed by atoms with van der Waals surface area (Å²) in [7, 11) is 2.72. The highest BCUT2D eigenvalue weighted by molar-refractivity contribution is 5.84. The third kappa shape index (κ3) is 1.52. The van der Waals surface area contributed by atoms with E-state index in [0.29, 0.717) is 12.3 Å². The van der Waals surface area contributed by atoms with Crippen LogP contribution in [0.4, 0.5) is 0 Å². The van der Waals surface area contributed by atoms with Crippen molar-refractivity contribution in [3.8, 4) is 0 Å². The number of hydrogen-bond acceptors (Lipinski definition) is 4. The van der Waals surface area contributed by atoms with Gasteiger partial charge in [0.05, 0.1) is 26.1 Å². The number of carbonyl (C=O) groups excluding carboxylic acids is 2. The Morgan fingerprint density at radius 1 is 1.31 bits per heavy atom. The molecule has 0 saturated heterocycles. The van der Waals surface area contributed by atoms with Crippen molar-refractivity contribution in [3.63, 3.8) is 0 Å². The van der Waals surface area contributed by atoms with Gasteiger partial charge < -0.3 is 9.47 Å². The summed E-state index contributed by atoms with van der Waals surface area (Å²) >= 11 is 0. The highest BCUT2D eigenvalue weighted by atomic mass is 16.5. The summed E-state index contributed by atoms with van der Waals surface area (Å²) in [6, 6.07) is 0. The first kappa shape index (κ1) is 11.2. The highest BCUT2D eigenvalue weighted by Crippen LogP contribution is 2.54. The minimum absolute atomic E-state index is 0.127. The zero-order valence-corrected chi connectivity index (χ0v) is 9.56. The molecule has 2 bridgehead atoms. The maximum atomic E-state index is 11.9. The van der Waals surface area contributed by atoms with E-state index in [4.69, 9.17) is 4.74 Å². The maximum absolute atomic E-state index is 11.9. The smallest absolute Gasteiger partial charge is 0.313 e. The molecule has 1 fully saturated rings. The number of carbonyl (C=O) groups is 2. The molecule has 2 aliphatic rings. The number of hydrogen-bond donors (Lipinski definition) is 0. The SMILES string of the molecule is COC(=O)C[C@]1(C(=O)OC)C[C@H]2C=C[C@@H]1C2. The molecule has 1 saturated carbocycles. The van der Waals surface area contributed by atoms with Gasteiger partial charge in [0.25, 0.3) is 0 Å². The van der Waals surface area contributed by atoms with Gasteiger partial charge in [0.1, 0.15) is 0 Å². The van der Waals surface area contributed by atoms with Gasteiger partial charge in [-0.1, -0.05) is 12.2 Å². The monoisotopic (exact) mass is 224 g/mol. The predicted molar refractivity (Wildman–Crippen MR) is 56.4 cm³/mol. The number of fused-ring (bicyclic) bond motifs is 2. The van der Waals surface area contributed by atoms with Crippen LogP contribution in [0.15, 0.2) is 12.2 Å². The molecule has 0 N–H and O–H groups in total. The third-order valence-electron chi connectivity index (χ3n) is 3.79. The molecule has 2 aliphatic carbocycles. The second-order valence-electron chi connectivity index (χ2n) is 4.59. The number of methoxy groups -OCH3 is 2. The fourth-order valence-electron chi connectivity index (χ4n) is 3.00. The Bertz CT molecular complexity index is 347. The molecular weight excluding hydrogens is 208 g/mol. The lowest BCUT2D eigenvalue weighted by Gasteiger charge is -2.31. The van der Waals surface area contributed by atoms with Crippen LogP contribution in [0.3, 0.4) is 0 Å². The Hall–Kier alpha value is -1.32. The van der Waals surface area contributed by atoms with Gasteiger partial charge in [-0.3, -0.25) is 9.59 Å². The minimum Gasteiger partial charge on any atom is -0.469 e. The fourth-order valence-corrected chi connectivity index (χ4v) is 3.00. The van der Waals surface area contributed by atoms with Crippen LogP contribution in [0.1, 0.15) is 19.3 Å². The lowest BCUT2D eigenvalue weighted by molar-refractivity contribution is -0.161. The maximum Gasteiger partial charge on any atom is 0.313 e. The van der Waals surface area contributed by atoms with Gasteiger partial charge in [-0.2, -0.15) is 0 Å². The Balaban J connectivity index is 2.24. The van der Waals surface area contributed by atoms with Crippen LogP contribution < -0.4 is 0 Å². The van der Waals surface area contributed by atoms with Crippen molar-refractivity contribution in [1.29, 1.82) is 0 Å². The molecular formula is C12H16O4. The molecule has 0 heterocycles. The van der Waals surface area contributed by atoms with Crippen LogP contribution in [0.2, 0.25) is 0 Å². The van der Waals surface area contributed by atoms with Gasteiger partial charge in [-0.15, -0.1) is 0 Å². The fraction of sp³-hybridized carbons (Fsp3) is 0.667. The van der Waals surface area contributed by atoms with E-state index < -0.39 is 5.41 Å². The molecule has 16 heavy (non-hydrogen) atoms. The number of allylic oxidation sites excluding steroid dienone is 2. The molecule has 0 amide bonds. The second kappa shape index (κ2) is 3.92. The van der Waals surface area contributed by atoms with E-state index in [0.717, 1.165) is 6.42 Å². The van der Waals surface area contributed by atoms with Crippen LogP contribution in [0, 0.1) is 17.3 Å². The molecule has 0 aromatic rings. The average Bonchev–Trinajstić information content (AvgIpc) is 2.88. The Morgan fingerprint density at radius 3 is 2.50 bits per heavy atom. The van der Waals surface area contributed by atoms with Gasteiger partial charge in [0, 0.05) is 0 Å². The number of rotatable bonds is 3. The lowest BCUT2D eigenvalue weighted by Crippen LogP contribution is -2.38. The molecule has 88 valence electrons. The first-order valence-electron chi connectivity index (χ1n) is 5.46. The summed E-state index contributed by atoms with van der Waals surface area (Å²) < 4.78 is 9.52. The van der Waals surface area contributed by atoms with Crippen molar-refractivity contribution >= 4 is 11.9 Å². The van der Waals surface area contributed by atoms with Crippen LogP contribution in [0.25, 0.3) is 0 Å². The van der Waals surface area contributed by atoms with Crippen molar-refractivity contribution in [2.75, 3.05) is 14.2 Å².